The number of nitrogens with one attached hydrogen (secondary N) is 1. The van der Waals surface area contributed by atoms with E-state index in [2.05, 4.69) is 35.9 Å². The summed E-state index contributed by atoms with van der Waals surface area (Å²) in [6.45, 7) is 11.6. The van der Waals surface area contributed by atoms with Crippen molar-refractivity contribution in [2.24, 2.45) is 5.41 Å². The fourth-order valence-electron chi connectivity index (χ4n) is 2.28. The molecule has 5 nitrogen and oxygen atoms in total. The standard InChI is InChI=1S/C12H19N3O.CH2O/c1-12(2,3)8-15-5-4-10-9(6-15)11(7-16)14-13-10;1-2/h7H,4-6,8H2,1-3H3,(H,13,14);1H2. The van der Waals surface area contributed by atoms with Gasteiger partial charge in [0, 0.05) is 37.3 Å². The molecule has 0 saturated carbocycles. The van der Waals surface area contributed by atoms with Crippen molar-refractivity contribution in [2.75, 3.05) is 13.1 Å². The van der Waals surface area contributed by atoms with Crippen molar-refractivity contribution in [3.8, 4) is 0 Å². The van der Waals surface area contributed by atoms with E-state index in [4.69, 9.17) is 4.79 Å². The van der Waals surface area contributed by atoms with E-state index in [1.807, 2.05) is 6.79 Å². The molecular weight excluding hydrogens is 230 g/mol. The number of nitrogens with zero attached hydrogens (tertiary/aromatic N) is 2. The SMILES string of the molecule is C=O.CC(C)(C)CN1CCc2[nH]nc(C=O)c2C1. The van der Waals surface area contributed by atoms with Crippen LogP contribution in [0.3, 0.4) is 0 Å². The predicted molar refractivity (Wildman–Crippen MR) is 69.5 cm³/mol. The van der Waals surface area contributed by atoms with Crippen molar-refractivity contribution in [2.45, 2.75) is 33.7 Å². The number of fused-ring (bicyclic) bond motifs is 1. The van der Waals surface area contributed by atoms with Gasteiger partial charge in [0.1, 0.15) is 12.5 Å². The first kappa shape index (κ1) is 14.6. The van der Waals surface area contributed by atoms with Crippen LogP contribution in [0.15, 0.2) is 0 Å². The number of aldehydes is 1. The van der Waals surface area contributed by atoms with Crippen molar-refractivity contribution in [1.82, 2.24) is 15.1 Å². The summed E-state index contributed by atoms with van der Waals surface area (Å²) in [5, 5.41) is 6.98. The van der Waals surface area contributed by atoms with E-state index in [1.54, 1.807) is 0 Å². The van der Waals surface area contributed by atoms with Crippen LogP contribution in [0.25, 0.3) is 0 Å². The number of carbonyl (C=O) groups excluding carboxylic acids is 2. The van der Waals surface area contributed by atoms with Crippen molar-refractivity contribution >= 4 is 13.1 Å². The summed E-state index contributed by atoms with van der Waals surface area (Å²) >= 11 is 0. The lowest BCUT2D eigenvalue weighted by Gasteiger charge is -2.32. The highest BCUT2D eigenvalue weighted by atomic mass is 16.1. The third kappa shape index (κ3) is 3.50. The van der Waals surface area contributed by atoms with Gasteiger partial charge in [0.2, 0.25) is 0 Å². The maximum Gasteiger partial charge on any atom is 0.170 e. The lowest BCUT2D eigenvalue weighted by Crippen LogP contribution is -2.36. The summed E-state index contributed by atoms with van der Waals surface area (Å²) in [6.07, 6.45) is 1.81. The maximum absolute atomic E-state index is 10.8. The zero-order valence-corrected chi connectivity index (χ0v) is 11.3. The van der Waals surface area contributed by atoms with Gasteiger partial charge in [-0.05, 0) is 5.41 Å². The van der Waals surface area contributed by atoms with E-state index in [1.165, 1.54) is 0 Å². The van der Waals surface area contributed by atoms with Crippen molar-refractivity contribution < 1.29 is 9.59 Å². The van der Waals surface area contributed by atoms with Crippen LogP contribution in [0.4, 0.5) is 0 Å². The third-order valence-electron chi connectivity index (χ3n) is 2.85. The average Bonchev–Trinajstić information content (AvgIpc) is 2.72. The Hall–Kier alpha value is -1.49. The summed E-state index contributed by atoms with van der Waals surface area (Å²) in [6, 6.07) is 0. The first-order valence-corrected chi connectivity index (χ1v) is 6.02. The zero-order chi connectivity index (χ0) is 13.8. The second-order valence-corrected chi connectivity index (χ2v) is 5.71. The quantitative estimate of drug-likeness (QED) is 0.808. The highest BCUT2D eigenvalue weighted by Crippen LogP contribution is 2.23. The van der Waals surface area contributed by atoms with Crippen LogP contribution in [-0.2, 0) is 17.8 Å². The summed E-state index contributed by atoms with van der Waals surface area (Å²) in [5.41, 5.74) is 3.09. The minimum atomic E-state index is 0.294. The fourth-order valence-corrected chi connectivity index (χ4v) is 2.28. The molecule has 2 rings (SSSR count). The van der Waals surface area contributed by atoms with Gasteiger partial charge in [0.05, 0.1) is 0 Å². The lowest BCUT2D eigenvalue weighted by atomic mass is 9.94. The predicted octanol–water partition coefficient (Wildman–Crippen LogP) is 1.44. The molecule has 100 valence electrons. The molecule has 1 aromatic rings. The monoisotopic (exact) mass is 251 g/mol. The fraction of sp³-hybridized carbons (Fsp3) is 0.615. The van der Waals surface area contributed by atoms with Gasteiger partial charge < -0.3 is 4.79 Å². The Bertz CT molecular complexity index is 407. The first-order chi connectivity index (χ1) is 8.49. The largest absolute Gasteiger partial charge is 0.307 e. The maximum atomic E-state index is 10.8. The van der Waals surface area contributed by atoms with Gasteiger partial charge in [-0.15, -0.1) is 0 Å². The molecule has 5 heteroatoms. The summed E-state index contributed by atoms with van der Waals surface area (Å²) < 4.78 is 0. The summed E-state index contributed by atoms with van der Waals surface area (Å²) in [5.74, 6) is 0. The Morgan fingerprint density at radius 3 is 2.67 bits per heavy atom. The minimum absolute atomic E-state index is 0.294. The Morgan fingerprint density at radius 1 is 1.44 bits per heavy atom. The van der Waals surface area contributed by atoms with E-state index in [9.17, 15) is 4.79 Å². The highest BCUT2D eigenvalue weighted by Gasteiger charge is 2.24. The van der Waals surface area contributed by atoms with Crippen LogP contribution in [0, 0.1) is 5.41 Å². The molecule has 0 aromatic carbocycles. The topological polar surface area (TPSA) is 66.1 Å². The van der Waals surface area contributed by atoms with Crippen molar-refractivity contribution in [1.29, 1.82) is 0 Å². The second kappa shape index (κ2) is 5.91. The number of hydrogen-bond donors (Lipinski definition) is 1. The van der Waals surface area contributed by atoms with Gasteiger partial charge in [-0.1, -0.05) is 20.8 Å². The van der Waals surface area contributed by atoms with Crippen LogP contribution in [0.1, 0.15) is 42.5 Å². The van der Waals surface area contributed by atoms with Crippen LogP contribution in [0.2, 0.25) is 0 Å². The molecule has 2 heterocycles. The molecule has 0 atom stereocenters. The van der Waals surface area contributed by atoms with Gasteiger partial charge in [-0.3, -0.25) is 14.8 Å². The molecule has 0 unspecified atom stereocenters. The van der Waals surface area contributed by atoms with E-state index in [0.717, 1.165) is 43.6 Å². The summed E-state index contributed by atoms with van der Waals surface area (Å²) in [7, 11) is 0. The highest BCUT2D eigenvalue weighted by molar-refractivity contribution is 5.74. The van der Waals surface area contributed by atoms with Gasteiger partial charge in [0.15, 0.2) is 6.29 Å². The molecular formula is C13H21N3O2. The lowest BCUT2D eigenvalue weighted by molar-refractivity contribution is -0.0979. The Kier molecular flexibility index (Phi) is 4.78. The number of aromatic nitrogens is 2. The molecule has 0 saturated heterocycles. The van der Waals surface area contributed by atoms with Crippen LogP contribution >= 0.6 is 0 Å². The number of aromatic amines is 1. The molecule has 1 N–H and O–H groups in total. The van der Waals surface area contributed by atoms with Gasteiger partial charge >= 0.3 is 0 Å². The second-order valence-electron chi connectivity index (χ2n) is 5.71. The first-order valence-electron chi connectivity index (χ1n) is 6.02. The average molecular weight is 251 g/mol. The Labute approximate surface area is 108 Å². The van der Waals surface area contributed by atoms with E-state index >= 15 is 0 Å². The molecule has 1 aromatic heterocycles. The molecule has 0 fully saturated rings. The van der Waals surface area contributed by atoms with Gasteiger partial charge in [0.25, 0.3) is 0 Å². The van der Waals surface area contributed by atoms with Crippen LogP contribution in [-0.4, -0.2) is 41.3 Å². The summed E-state index contributed by atoms with van der Waals surface area (Å²) in [4.78, 5) is 21.2. The Balaban J connectivity index is 0.000000771. The van der Waals surface area contributed by atoms with Gasteiger partial charge in [-0.25, -0.2) is 0 Å². The molecule has 0 bridgehead atoms. The molecule has 0 amide bonds. The van der Waals surface area contributed by atoms with Crippen LogP contribution < -0.4 is 0 Å². The molecule has 0 spiro atoms. The number of hydrogen-bond acceptors (Lipinski definition) is 4. The van der Waals surface area contributed by atoms with E-state index < -0.39 is 0 Å². The number of rotatable bonds is 2. The van der Waals surface area contributed by atoms with Crippen molar-refractivity contribution in [3.63, 3.8) is 0 Å². The smallest absolute Gasteiger partial charge is 0.170 e. The third-order valence-corrected chi connectivity index (χ3v) is 2.85. The molecule has 18 heavy (non-hydrogen) atoms. The van der Waals surface area contributed by atoms with E-state index in [0.29, 0.717) is 11.1 Å². The van der Waals surface area contributed by atoms with Gasteiger partial charge in [-0.2, -0.15) is 5.10 Å². The normalized spacial score (nSPS) is 15.5. The molecule has 0 aliphatic carbocycles. The van der Waals surface area contributed by atoms with Crippen molar-refractivity contribution in [3.05, 3.63) is 17.0 Å². The van der Waals surface area contributed by atoms with Crippen LogP contribution in [0.5, 0.6) is 0 Å². The molecule has 0 radical (unpaired) electrons. The number of H-pyrrole nitrogens is 1. The van der Waals surface area contributed by atoms with E-state index in [-0.39, 0.29) is 0 Å². The number of carbonyl (C=O) groups is 2. The molecule has 1 aliphatic heterocycles. The Morgan fingerprint density at radius 2 is 2.11 bits per heavy atom. The minimum Gasteiger partial charge on any atom is -0.307 e. The zero-order valence-electron chi connectivity index (χ0n) is 11.3. The molecule has 1 aliphatic rings.